The molecule has 2 aromatic heterocycles. The number of alkyl carbamates (subject to hydrolysis) is 2. The number of aromatic amines is 2. The second-order valence-electron chi connectivity index (χ2n) is 16.2. The maximum Gasteiger partial charge on any atom is 0.407 e. The van der Waals surface area contributed by atoms with Crippen molar-refractivity contribution in [1.82, 2.24) is 40.4 Å². The van der Waals surface area contributed by atoms with Crippen LogP contribution in [-0.2, 0) is 25.7 Å². The molecule has 15 nitrogen and oxygen atoms in total. The molecule has 2 fully saturated rings. The van der Waals surface area contributed by atoms with Gasteiger partial charge in [-0.15, -0.1) is 0 Å². The number of fused-ring (bicyclic) bond motifs is 6. The van der Waals surface area contributed by atoms with Crippen LogP contribution >= 0.6 is 0 Å². The summed E-state index contributed by atoms with van der Waals surface area (Å²) in [6.45, 7) is 5.29. The third-order valence-electron chi connectivity index (χ3n) is 12.2. The van der Waals surface area contributed by atoms with Gasteiger partial charge in [-0.3, -0.25) is 9.59 Å². The molecule has 0 aliphatic carbocycles. The monoisotopic (exact) mass is 824 g/mol. The summed E-state index contributed by atoms with van der Waals surface area (Å²) < 4.78 is 16.1. The molecule has 4 amide bonds. The molecule has 61 heavy (non-hydrogen) atoms. The topological polar surface area (TPSA) is 184 Å². The van der Waals surface area contributed by atoms with E-state index in [4.69, 9.17) is 24.2 Å². The predicted molar refractivity (Wildman–Crippen MR) is 227 cm³/mol. The van der Waals surface area contributed by atoms with Crippen molar-refractivity contribution in [2.24, 2.45) is 5.92 Å². The average Bonchev–Trinajstić information content (AvgIpc) is 4.13. The van der Waals surface area contributed by atoms with E-state index in [-0.39, 0.29) is 29.8 Å². The quantitative estimate of drug-likeness (QED) is 0.115. The van der Waals surface area contributed by atoms with E-state index in [0.29, 0.717) is 36.9 Å². The number of imidazole rings is 2. The lowest BCUT2D eigenvalue weighted by atomic mass is 9.92. The van der Waals surface area contributed by atoms with E-state index >= 15 is 0 Å². The fourth-order valence-corrected chi connectivity index (χ4v) is 9.07. The first-order valence-electron chi connectivity index (χ1n) is 20.7. The van der Waals surface area contributed by atoms with Gasteiger partial charge in [0.15, 0.2) is 0 Å². The summed E-state index contributed by atoms with van der Waals surface area (Å²) in [5.74, 6) is 1.67. The van der Waals surface area contributed by atoms with Crippen LogP contribution in [0.1, 0.15) is 80.4 Å². The Bertz CT molecular complexity index is 2660. The molecule has 2 saturated heterocycles. The van der Waals surface area contributed by atoms with Crippen molar-refractivity contribution in [2.45, 2.75) is 70.3 Å². The Morgan fingerprint density at radius 3 is 2.26 bits per heavy atom. The van der Waals surface area contributed by atoms with Gasteiger partial charge in [0.2, 0.25) is 5.91 Å². The zero-order valence-electron chi connectivity index (χ0n) is 34.5. The minimum absolute atomic E-state index is 0.126. The Kier molecular flexibility index (Phi) is 10.6. The highest BCUT2D eigenvalue weighted by molar-refractivity contribution is 6.07. The zero-order chi connectivity index (χ0) is 42.4. The number of amides is 4. The number of H-pyrrole nitrogens is 2. The van der Waals surface area contributed by atoms with Gasteiger partial charge in [0.25, 0.3) is 5.91 Å². The van der Waals surface area contributed by atoms with Crippen molar-refractivity contribution >= 4 is 45.8 Å². The maximum absolute atomic E-state index is 14.0. The van der Waals surface area contributed by atoms with Crippen molar-refractivity contribution in [3.63, 3.8) is 0 Å². The molecule has 0 spiro atoms. The van der Waals surface area contributed by atoms with Gasteiger partial charge in [0, 0.05) is 24.0 Å². The van der Waals surface area contributed by atoms with Crippen molar-refractivity contribution in [3.8, 4) is 28.1 Å². The van der Waals surface area contributed by atoms with Gasteiger partial charge in [-0.25, -0.2) is 19.6 Å². The van der Waals surface area contributed by atoms with Gasteiger partial charge in [-0.2, -0.15) is 0 Å². The van der Waals surface area contributed by atoms with Crippen molar-refractivity contribution in [1.29, 1.82) is 0 Å². The molecular formula is C46H48N8O7. The molecule has 0 radical (unpaired) electrons. The molecule has 4 N–H and O–H groups in total. The molecular weight excluding hydrogens is 777 g/mol. The normalized spacial score (nSPS) is 18.0. The minimum Gasteiger partial charge on any atom is -0.488 e. The Labute approximate surface area is 352 Å². The molecule has 6 aromatic rings. The second kappa shape index (κ2) is 16.3. The molecule has 3 aliphatic heterocycles. The van der Waals surface area contributed by atoms with Gasteiger partial charge in [-0.1, -0.05) is 62.4 Å². The number of rotatable bonds is 9. The molecule has 5 heterocycles. The van der Waals surface area contributed by atoms with Crippen LogP contribution in [0.15, 0.2) is 79.0 Å². The summed E-state index contributed by atoms with van der Waals surface area (Å²) in [5, 5.41) is 7.39. The van der Waals surface area contributed by atoms with Gasteiger partial charge in [-0.05, 0) is 83.5 Å². The molecule has 1 unspecified atom stereocenters. The molecule has 0 bridgehead atoms. The van der Waals surface area contributed by atoms with Crippen molar-refractivity contribution in [3.05, 3.63) is 102 Å². The summed E-state index contributed by atoms with van der Waals surface area (Å²) in [7, 11) is 2.57. The average molecular weight is 825 g/mol. The van der Waals surface area contributed by atoms with E-state index in [9.17, 15) is 19.2 Å². The van der Waals surface area contributed by atoms with Gasteiger partial charge < -0.3 is 44.6 Å². The third kappa shape index (κ3) is 7.38. The number of carbonyl (C=O) groups is 4. The first-order valence-corrected chi connectivity index (χ1v) is 20.7. The van der Waals surface area contributed by atoms with E-state index in [1.807, 2.05) is 55.1 Å². The minimum atomic E-state index is -0.894. The van der Waals surface area contributed by atoms with Crippen LogP contribution in [0.25, 0.3) is 44.2 Å². The van der Waals surface area contributed by atoms with Gasteiger partial charge in [0.05, 0.1) is 49.2 Å². The van der Waals surface area contributed by atoms with E-state index in [1.165, 1.54) is 14.2 Å². The van der Waals surface area contributed by atoms with Crippen molar-refractivity contribution < 1.29 is 33.4 Å². The number of hydrogen-bond donors (Lipinski definition) is 4. The Hall–Kier alpha value is -6.90. The summed E-state index contributed by atoms with van der Waals surface area (Å²) in [6, 6.07) is 21.6. The number of nitrogens with one attached hydrogen (secondary N) is 4. The largest absolute Gasteiger partial charge is 0.488 e. The number of ether oxygens (including phenoxy) is 3. The van der Waals surface area contributed by atoms with Crippen LogP contribution in [0.5, 0.6) is 5.75 Å². The third-order valence-corrected chi connectivity index (χ3v) is 12.2. The molecule has 15 heteroatoms. The van der Waals surface area contributed by atoms with Crippen LogP contribution < -0.4 is 15.4 Å². The zero-order valence-corrected chi connectivity index (χ0v) is 34.5. The Morgan fingerprint density at radius 2 is 1.52 bits per heavy atom. The molecule has 4 aromatic carbocycles. The first-order chi connectivity index (χ1) is 29.6. The highest BCUT2D eigenvalue weighted by atomic mass is 16.5. The van der Waals surface area contributed by atoms with Crippen LogP contribution in [0.2, 0.25) is 0 Å². The Balaban J connectivity index is 0.954. The fraction of sp³-hybridized carbons (Fsp3) is 0.348. The second-order valence-corrected chi connectivity index (χ2v) is 16.2. The van der Waals surface area contributed by atoms with Crippen LogP contribution in [0.4, 0.5) is 9.59 Å². The molecule has 314 valence electrons. The number of likely N-dealkylation sites (tertiary alicyclic amines) is 2. The van der Waals surface area contributed by atoms with E-state index in [2.05, 4.69) is 57.0 Å². The lowest BCUT2D eigenvalue weighted by Crippen LogP contribution is -2.51. The highest BCUT2D eigenvalue weighted by Crippen LogP contribution is 2.43. The number of carbonyl (C=O) groups excluding carboxylic acids is 4. The molecule has 3 aliphatic rings. The highest BCUT2D eigenvalue weighted by Gasteiger charge is 2.39. The smallest absolute Gasteiger partial charge is 0.407 e. The molecule has 9 rings (SSSR count). The van der Waals surface area contributed by atoms with Crippen LogP contribution in [-0.4, -0.2) is 87.1 Å². The first kappa shape index (κ1) is 39.6. The van der Waals surface area contributed by atoms with Crippen LogP contribution in [0, 0.1) is 5.92 Å². The number of aromatic nitrogens is 4. The summed E-state index contributed by atoms with van der Waals surface area (Å²) >= 11 is 0. The van der Waals surface area contributed by atoms with Gasteiger partial charge >= 0.3 is 12.2 Å². The summed E-state index contributed by atoms with van der Waals surface area (Å²) in [6.07, 6.45) is 3.62. The summed E-state index contributed by atoms with van der Waals surface area (Å²) in [5.41, 5.74) is 7.22. The van der Waals surface area contributed by atoms with E-state index < -0.39 is 24.3 Å². The lowest BCUT2D eigenvalue weighted by Gasteiger charge is -2.29. The number of hydrogen-bond acceptors (Lipinski definition) is 9. The van der Waals surface area contributed by atoms with E-state index in [0.717, 1.165) is 81.2 Å². The number of nitrogens with zero attached hydrogens (tertiary/aromatic N) is 4. The van der Waals surface area contributed by atoms with E-state index in [1.54, 1.807) is 11.1 Å². The standard InChI is InChI=1S/C46H48N8O7/c1-25(2)38(51-45(57)59-3)43(55)54-19-9-13-36(54)42-48-33-17-15-27-21-32-30-16-14-28(20-29(30)24-61-37(32)22-31(27)40(33)50-42)34-23-47-41(49-34)35-12-8-18-53(35)44(56)39(52-46(58)60-4)26-10-6-5-7-11-26/h5-7,10-11,14-17,20-23,25,35-36,38-39H,8-9,12-13,18-19,24H2,1-4H3,(H,47,49)(H,48,50)(H,51,57)(H,52,58)/t35-,36-,38-,39?/m0/s1. The van der Waals surface area contributed by atoms with Gasteiger partial charge in [0.1, 0.15) is 36.1 Å². The Morgan fingerprint density at radius 1 is 0.803 bits per heavy atom. The number of benzene rings is 4. The molecule has 0 saturated carbocycles. The molecule has 4 atom stereocenters. The maximum atomic E-state index is 14.0. The predicted octanol–water partition coefficient (Wildman–Crippen LogP) is 7.47. The lowest BCUT2D eigenvalue weighted by molar-refractivity contribution is -0.135. The SMILES string of the molecule is COC(=O)NC(C(=O)N1CCC[C@H]1c1ncc(-c2ccc3c(c2)COc2cc4c(ccc5[nH]c([C@@H]6CCCN6C(=O)[C@@H](NC(=O)OC)C(C)C)nc54)cc2-3)[nH]1)c1ccccc1. The number of methoxy groups -OCH3 is 2. The van der Waals surface area contributed by atoms with Crippen LogP contribution in [0.3, 0.4) is 0 Å². The summed E-state index contributed by atoms with van der Waals surface area (Å²) in [4.78, 5) is 72.5. The van der Waals surface area contributed by atoms with Crippen molar-refractivity contribution in [2.75, 3.05) is 27.3 Å². The fourth-order valence-electron chi connectivity index (χ4n) is 9.07.